The van der Waals surface area contributed by atoms with Gasteiger partial charge in [0.15, 0.2) is 0 Å². The van der Waals surface area contributed by atoms with Crippen molar-refractivity contribution in [2.24, 2.45) is 5.73 Å². The summed E-state index contributed by atoms with van der Waals surface area (Å²) < 4.78 is 0. The van der Waals surface area contributed by atoms with Crippen molar-refractivity contribution in [3.05, 3.63) is 53.2 Å². The van der Waals surface area contributed by atoms with Crippen LogP contribution in [0.5, 0.6) is 0 Å². The molecule has 0 fully saturated rings. The number of anilines is 1. The molecule has 16 heavy (non-hydrogen) atoms. The van der Waals surface area contributed by atoms with Crippen LogP contribution in [0.3, 0.4) is 0 Å². The number of nitrogens with zero attached hydrogens (tertiary/aromatic N) is 1. The summed E-state index contributed by atoms with van der Waals surface area (Å²) in [6, 6.07) is 11.5. The summed E-state index contributed by atoms with van der Waals surface area (Å²) in [7, 11) is 0. The molecule has 1 aromatic carbocycles. The van der Waals surface area contributed by atoms with Crippen molar-refractivity contribution in [2.45, 2.75) is 0 Å². The summed E-state index contributed by atoms with van der Waals surface area (Å²) in [5.74, 6) is 0. The minimum atomic E-state index is -0.892. The topological polar surface area (TPSA) is 66.6 Å². The minimum absolute atomic E-state index is 0.361. The number of hydrogen-bond donors (Lipinski definition) is 2. The molecular weight excluding hydrogens is 224 g/mol. The van der Waals surface area contributed by atoms with E-state index in [-0.39, 0.29) is 0 Å². The largest absolute Gasteiger partial charge is 0.349 e. The van der Waals surface area contributed by atoms with Crippen molar-refractivity contribution in [1.29, 1.82) is 0 Å². The Kier molecular flexibility index (Phi) is 5.04. The summed E-state index contributed by atoms with van der Waals surface area (Å²) in [6.07, 6.45) is 0. The molecule has 0 aliphatic heterocycles. The van der Waals surface area contributed by atoms with Crippen LogP contribution in [0.1, 0.15) is 0 Å². The number of rotatable bonds is 1. The highest BCUT2D eigenvalue weighted by molar-refractivity contribution is 7.07. The van der Waals surface area contributed by atoms with Crippen molar-refractivity contribution in [1.82, 2.24) is 0 Å². The lowest BCUT2D eigenvalue weighted by Crippen LogP contribution is -2.32. The second-order valence-electron chi connectivity index (χ2n) is 2.78. The summed E-state index contributed by atoms with van der Waals surface area (Å²) >= 11 is 1.71. The molecule has 2 amide bonds. The van der Waals surface area contributed by atoms with Gasteiger partial charge in [-0.05, 0) is 22.9 Å². The second-order valence-corrected chi connectivity index (χ2v) is 3.60. The standard InChI is InChI=1S/C7H8N2O2.C4H4S/c8-7(10)9(11)6-4-2-1-3-5-6;1-2-4-5-3-1/h1-5,11H,(H2,8,10);1-4H. The molecule has 2 aromatic rings. The van der Waals surface area contributed by atoms with E-state index >= 15 is 0 Å². The fourth-order valence-corrected chi connectivity index (χ4v) is 1.38. The van der Waals surface area contributed by atoms with E-state index in [1.807, 2.05) is 22.9 Å². The number of carbonyl (C=O) groups excluding carboxylic acids is 1. The highest BCUT2D eigenvalue weighted by Gasteiger charge is 2.06. The monoisotopic (exact) mass is 236 g/mol. The SMILES string of the molecule is NC(=O)N(O)c1ccccc1.c1ccsc1. The van der Waals surface area contributed by atoms with Gasteiger partial charge in [-0.25, -0.2) is 4.79 Å². The summed E-state index contributed by atoms with van der Waals surface area (Å²) in [5, 5.41) is 13.4. The van der Waals surface area contributed by atoms with E-state index in [0.29, 0.717) is 10.8 Å². The van der Waals surface area contributed by atoms with Crippen molar-refractivity contribution in [2.75, 3.05) is 5.06 Å². The van der Waals surface area contributed by atoms with Crippen LogP contribution in [0.15, 0.2) is 53.2 Å². The van der Waals surface area contributed by atoms with Crippen molar-refractivity contribution in [3.63, 3.8) is 0 Å². The number of hydrogen-bond acceptors (Lipinski definition) is 3. The number of para-hydroxylation sites is 1. The van der Waals surface area contributed by atoms with Crippen LogP contribution in [0.4, 0.5) is 10.5 Å². The van der Waals surface area contributed by atoms with Gasteiger partial charge in [0, 0.05) is 0 Å². The van der Waals surface area contributed by atoms with Crippen LogP contribution in [0.2, 0.25) is 0 Å². The first-order valence-electron chi connectivity index (χ1n) is 4.52. The predicted octanol–water partition coefficient (Wildman–Crippen LogP) is 2.71. The van der Waals surface area contributed by atoms with Gasteiger partial charge in [-0.3, -0.25) is 5.21 Å². The van der Waals surface area contributed by atoms with Crippen LogP contribution >= 0.6 is 11.3 Å². The van der Waals surface area contributed by atoms with Crippen molar-refractivity contribution >= 4 is 23.1 Å². The molecule has 0 aliphatic carbocycles. The Hall–Kier alpha value is -1.85. The lowest BCUT2D eigenvalue weighted by Gasteiger charge is -2.10. The zero-order chi connectivity index (χ0) is 11.8. The third kappa shape index (κ3) is 4.12. The number of thiophene rings is 1. The maximum Gasteiger partial charge on any atom is 0.343 e. The molecule has 5 heteroatoms. The summed E-state index contributed by atoms with van der Waals surface area (Å²) in [4.78, 5) is 10.4. The van der Waals surface area contributed by atoms with Gasteiger partial charge in [0.25, 0.3) is 0 Å². The van der Waals surface area contributed by atoms with Crippen molar-refractivity contribution in [3.8, 4) is 0 Å². The molecule has 0 spiro atoms. The number of urea groups is 1. The fourth-order valence-electron chi connectivity index (χ4n) is 0.923. The average Bonchev–Trinajstić information content (AvgIpc) is 2.88. The fraction of sp³-hybridized carbons (Fsp3) is 0. The van der Waals surface area contributed by atoms with Gasteiger partial charge >= 0.3 is 6.03 Å². The average molecular weight is 236 g/mol. The lowest BCUT2D eigenvalue weighted by molar-refractivity contribution is 0.212. The molecule has 0 radical (unpaired) electrons. The van der Waals surface area contributed by atoms with E-state index in [1.54, 1.807) is 41.7 Å². The first kappa shape index (κ1) is 12.2. The number of primary amides is 1. The number of carbonyl (C=O) groups is 1. The Morgan fingerprint density at radius 3 is 2.06 bits per heavy atom. The van der Waals surface area contributed by atoms with Crippen LogP contribution in [0, 0.1) is 0 Å². The molecule has 2 rings (SSSR count). The third-order valence-electron chi connectivity index (χ3n) is 1.63. The molecule has 0 saturated carbocycles. The number of nitrogens with two attached hydrogens (primary N) is 1. The van der Waals surface area contributed by atoms with Gasteiger partial charge in [0.2, 0.25) is 0 Å². The highest BCUT2D eigenvalue weighted by Crippen LogP contribution is 2.09. The maximum atomic E-state index is 10.4. The molecule has 1 aromatic heterocycles. The van der Waals surface area contributed by atoms with Crippen molar-refractivity contribution < 1.29 is 10.0 Å². The quantitative estimate of drug-likeness (QED) is 0.590. The molecule has 1 heterocycles. The van der Waals surface area contributed by atoms with Crippen LogP contribution in [0.25, 0.3) is 0 Å². The highest BCUT2D eigenvalue weighted by atomic mass is 32.1. The van der Waals surface area contributed by atoms with Crippen LogP contribution < -0.4 is 10.8 Å². The van der Waals surface area contributed by atoms with Gasteiger partial charge < -0.3 is 5.73 Å². The first-order valence-corrected chi connectivity index (χ1v) is 5.46. The summed E-state index contributed by atoms with van der Waals surface area (Å²) in [6.45, 7) is 0. The Balaban J connectivity index is 0.000000212. The lowest BCUT2D eigenvalue weighted by atomic mass is 10.3. The smallest absolute Gasteiger partial charge is 0.343 e. The Labute approximate surface area is 97.5 Å². The molecule has 3 N–H and O–H groups in total. The third-order valence-corrected chi connectivity index (χ3v) is 2.26. The van der Waals surface area contributed by atoms with Gasteiger partial charge in [0.05, 0.1) is 5.69 Å². The molecule has 0 aliphatic rings. The van der Waals surface area contributed by atoms with Gasteiger partial charge in [0.1, 0.15) is 0 Å². The van der Waals surface area contributed by atoms with Gasteiger partial charge in [-0.1, -0.05) is 30.3 Å². The van der Waals surface area contributed by atoms with E-state index in [9.17, 15) is 4.79 Å². The Morgan fingerprint density at radius 2 is 1.69 bits per heavy atom. The summed E-state index contributed by atoms with van der Waals surface area (Å²) in [5.41, 5.74) is 5.17. The second kappa shape index (κ2) is 6.60. The normalized spacial score (nSPS) is 8.81. The van der Waals surface area contributed by atoms with Gasteiger partial charge in [-0.15, -0.1) is 0 Å². The number of amides is 2. The number of benzene rings is 1. The molecule has 0 atom stereocenters. The maximum absolute atomic E-state index is 10.4. The minimum Gasteiger partial charge on any atom is -0.349 e. The van der Waals surface area contributed by atoms with E-state index in [4.69, 9.17) is 10.9 Å². The molecule has 84 valence electrons. The Morgan fingerprint density at radius 1 is 1.12 bits per heavy atom. The van der Waals surface area contributed by atoms with E-state index < -0.39 is 6.03 Å². The molecule has 0 bridgehead atoms. The molecule has 0 unspecified atom stereocenters. The van der Waals surface area contributed by atoms with E-state index in [0.717, 1.165) is 0 Å². The zero-order valence-electron chi connectivity index (χ0n) is 8.48. The molecule has 0 saturated heterocycles. The zero-order valence-corrected chi connectivity index (χ0v) is 9.30. The molecular formula is C11H12N2O2S. The van der Waals surface area contributed by atoms with E-state index in [1.165, 1.54) is 0 Å². The van der Waals surface area contributed by atoms with Crippen LogP contribution in [-0.4, -0.2) is 11.2 Å². The van der Waals surface area contributed by atoms with Gasteiger partial charge in [-0.2, -0.15) is 16.4 Å². The Bertz CT molecular complexity index is 386. The van der Waals surface area contributed by atoms with Crippen LogP contribution in [-0.2, 0) is 0 Å². The molecule has 4 nitrogen and oxygen atoms in total. The van der Waals surface area contributed by atoms with E-state index in [2.05, 4.69) is 0 Å². The predicted molar refractivity (Wildman–Crippen MR) is 64.6 cm³/mol. The number of hydroxylamine groups is 1. The first-order chi connectivity index (χ1) is 7.72.